The first-order valence-corrected chi connectivity index (χ1v) is 4.31. The lowest BCUT2D eigenvalue weighted by atomic mass is 10.0. The molecule has 4 nitrogen and oxygen atoms in total. The van der Waals surface area contributed by atoms with E-state index in [2.05, 4.69) is 5.10 Å². The Morgan fingerprint density at radius 1 is 1.69 bits per heavy atom. The van der Waals surface area contributed by atoms with Gasteiger partial charge in [-0.1, -0.05) is 6.92 Å². The molecule has 1 rings (SSSR count). The minimum Gasteiger partial charge on any atom is -0.386 e. The van der Waals surface area contributed by atoms with E-state index in [-0.39, 0.29) is 5.92 Å². The van der Waals surface area contributed by atoms with E-state index >= 15 is 0 Å². The first-order chi connectivity index (χ1) is 6.15. The number of nitrogens with zero attached hydrogens (tertiary/aromatic N) is 2. The number of methoxy groups -OCH3 is 1. The van der Waals surface area contributed by atoms with Gasteiger partial charge in [-0.3, -0.25) is 4.68 Å². The molecule has 0 saturated heterocycles. The van der Waals surface area contributed by atoms with E-state index in [4.69, 9.17) is 4.74 Å². The van der Waals surface area contributed by atoms with Crippen LogP contribution in [-0.4, -0.2) is 28.6 Å². The number of hydrogen-bond acceptors (Lipinski definition) is 3. The standard InChI is InChI=1S/C9H16N2O2/c1-7(6-13-3)9(12)8-4-5-11(2)10-8/h4-5,7,9,12H,6H2,1-3H3. The first kappa shape index (κ1) is 10.2. The van der Waals surface area contributed by atoms with Crippen molar-refractivity contribution in [3.8, 4) is 0 Å². The summed E-state index contributed by atoms with van der Waals surface area (Å²) in [5.74, 6) is 0.0694. The minimum absolute atomic E-state index is 0.0694. The zero-order valence-electron chi connectivity index (χ0n) is 8.27. The zero-order valence-corrected chi connectivity index (χ0v) is 8.27. The van der Waals surface area contributed by atoms with E-state index < -0.39 is 6.10 Å². The van der Waals surface area contributed by atoms with Gasteiger partial charge in [-0.05, 0) is 6.07 Å². The monoisotopic (exact) mass is 184 g/mol. The molecule has 0 fully saturated rings. The maximum Gasteiger partial charge on any atom is 0.103 e. The molecule has 0 aromatic carbocycles. The molecule has 4 heteroatoms. The molecular formula is C9H16N2O2. The SMILES string of the molecule is COCC(C)C(O)c1ccn(C)n1. The molecule has 0 aliphatic carbocycles. The fraction of sp³-hybridized carbons (Fsp3) is 0.667. The van der Waals surface area contributed by atoms with Crippen molar-refractivity contribution in [2.24, 2.45) is 13.0 Å². The Kier molecular flexibility index (Phi) is 3.45. The van der Waals surface area contributed by atoms with Crippen molar-refractivity contribution in [3.05, 3.63) is 18.0 Å². The van der Waals surface area contributed by atoms with Crippen LogP contribution >= 0.6 is 0 Å². The average Bonchev–Trinajstić information content (AvgIpc) is 2.51. The number of rotatable bonds is 4. The Morgan fingerprint density at radius 2 is 2.38 bits per heavy atom. The maximum atomic E-state index is 9.78. The Morgan fingerprint density at radius 3 is 2.85 bits per heavy atom. The van der Waals surface area contributed by atoms with Crippen molar-refractivity contribution in [1.82, 2.24) is 9.78 Å². The van der Waals surface area contributed by atoms with Crippen molar-refractivity contribution in [2.75, 3.05) is 13.7 Å². The molecule has 1 aromatic heterocycles. The third kappa shape index (κ3) is 2.54. The summed E-state index contributed by atoms with van der Waals surface area (Å²) in [6.07, 6.45) is 1.28. The minimum atomic E-state index is -0.541. The summed E-state index contributed by atoms with van der Waals surface area (Å²) in [6.45, 7) is 2.47. The van der Waals surface area contributed by atoms with Crippen LogP contribution in [0.25, 0.3) is 0 Å². The highest BCUT2D eigenvalue weighted by Gasteiger charge is 2.18. The lowest BCUT2D eigenvalue weighted by Gasteiger charge is -2.15. The van der Waals surface area contributed by atoms with Crippen LogP contribution in [0.4, 0.5) is 0 Å². The van der Waals surface area contributed by atoms with Crippen LogP contribution in [-0.2, 0) is 11.8 Å². The van der Waals surface area contributed by atoms with E-state index in [0.29, 0.717) is 12.3 Å². The van der Waals surface area contributed by atoms with Gasteiger partial charge in [0.25, 0.3) is 0 Å². The van der Waals surface area contributed by atoms with Crippen molar-refractivity contribution < 1.29 is 9.84 Å². The van der Waals surface area contributed by atoms with Gasteiger partial charge in [0, 0.05) is 26.3 Å². The number of aliphatic hydroxyl groups is 1. The van der Waals surface area contributed by atoms with Crippen LogP contribution in [0, 0.1) is 5.92 Å². The number of aliphatic hydroxyl groups excluding tert-OH is 1. The first-order valence-electron chi connectivity index (χ1n) is 4.31. The molecule has 0 saturated carbocycles. The molecule has 74 valence electrons. The maximum absolute atomic E-state index is 9.78. The third-order valence-corrected chi connectivity index (χ3v) is 2.01. The van der Waals surface area contributed by atoms with Gasteiger partial charge in [0.2, 0.25) is 0 Å². The fourth-order valence-corrected chi connectivity index (χ4v) is 1.24. The molecule has 1 N–H and O–H groups in total. The Hall–Kier alpha value is -0.870. The molecule has 0 bridgehead atoms. The fourth-order valence-electron chi connectivity index (χ4n) is 1.24. The Balaban J connectivity index is 2.61. The lowest BCUT2D eigenvalue weighted by Crippen LogP contribution is -2.15. The number of aromatic nitrogens is 2. The molecule has 1 heterocycles. The average molecular weight is 184 g/mol. The topological polar surface area (TPSA) is 47.3 Å². The van der Waals surface area contributed by atoms with Gasteiger partial charge in [-0.2, -0.15) is 5.10 Å². The highest BCUT2D eigenvalue weighted by Crippen LogP contribution is 2.19. The largest absolute Gasteiger partial charge is 0.386 e. The second kappa shape index (κ2) is 4.39. The molecule has 13 heavy (non-hydrogen) atoms. The van der Waals surface area contributed by atoms with Crippen LogP contribution in [0.5, 0.6) is 0 Å². The zero-order chi connectivity index (χ0) is 9.84. The van der Waals surface area contributed by atoms with Gasteiger partial charge in [-0.25, -0.2) is 0 Å². The van der Waals surface area contributed by atoms with Gasteiger partial charge in [0.1, 0.15) is 6.10 Å². The van der Waals surface area contributed by atoms with E-state index in [1.807, 2.05) is 26.2 Å². The number of aryl methyl sites for hydroxylation is 1. The van der Waals surface area contributed by atoms with Crippen LogP contribution in [0.15, 0.2) is 12.3 Å². The van der Waals surface area contributed by atoms with Crippen molar-refractivity contribution in [3.63, 3.8) is 0 Å². The molecule has 2 atom stereocenters. The van der Waals surface area contributed by atoms with Gasteiger partial charge in [-0.15, -0.1) is 0 Å². The molecule has 0 amide bonds. The van der Waals surface area contributed by atoms with Crippen LogP contribution in [0.2, 0.25) is 0 Å². The second-order valence-electron chi connectivity index (χ2n) is 3.29. The van der Waals surface area contributed by atoms with Crippen LogP contribution in [0.1, 0.15) is 18.7 Å². The van der Waals surface area contributed by atoms with Crippen molar-refractivity contribution >= 4 is 0 Å². The Bertz CT molecular complexity index is 260. The predicted molar refractivity (Wildman–Crippen MR) is 49.2 cm³/mol. The Labute approximate surface area is 78.1 Å². The number of ether oxygens (including phenoxy) is 1. The molecule has 0 radical (unpaired) electrons. The van der Waals surface area contributed by atoms with Gasteiger partial charge in [0.15, 0.2) is 0 Å². The highest BCUT2D eigenvalue weighted by molar-refractivity contribution is 5.03. The van der Waals surface area contributed by atoms with E-state index in [9.17, 15) is 5.11 Å². The summed E-state index contributed by atoms with van der Waals surface area (Å²) in [5, 5.41) is 13.9. The van der Waals surface area contributed by atoms with Gasteiger partial charge >= 0.3 is 0 Å². The summed E-state index contributed by atoms with van der Waals surface area (Å²) < 4.78 is 6.64. The van der Waals surface area contributed by atoms with Crippen molar-refractivity contribution in [1.29, 1.82) is 0 Å². The summed E-state index contributed by atoms with van der Waals surface area (Å²) in [4.78, 5) is 0. The summed E-state index contributed by atoms with van der Waals surface area (Å²) >= 11 is 0. The molecule has 2 unspecified atom stereocenters. The second-order valence-corrected chi connectivity index (χ2v) is 3.29. The summed E-state index contributed by atoms with van der Waals surface area (Å²) in [6, 6.07) is 1.82. The summed E-state index contributed by atoms with van der Waals surface area (Å²) in [5.41, 5.74) is 0.701. The number of hydrogen-bond donors (Lipinski definition) is 1. The quantitative estimate of drug-likeness (QED) is 0.750. The molecule has 1 aromatic rings. The highest BCUT2D eigenvalue weighted by atomic mass is 16.5. The van der Waals surface area contributed by atoms with Crippen LogP contribution in [0.3, 0.4) is 0 Å². The molecular weight excluding hydrogens is 168 g/mol. The predicted octanol–water partition coefficient (Wildman–Crippen LogP) is 0.736. The van der Waals surface area contributed by atoms with E-state index in [1.54, 1.807) is 11.8 Å². The molecule has 0 aliphatic heterocycles. The smallest absolute Gasteiger partial charge is 0.103 e. The van der Waals surface area contributed by atoms with Crippen LogP contribution < -0.4 is 0 Å². The lowest BCUT2D eigenvalue weighted by molar-refractivity contribution is 0.0537. The molecule has 0 aliphatic rings. The van der Waals surface area contributed by atoms with Gasteiger partial charge in [0.05, 0.1) is 12.3 Å². The van der Waals surface area contributed by atoms with E-state index in [1.165, 1.54) is 0 Å². The third-order valence-electron chi connectivity index (χ3n) is 2.01. The van der Waals surface area contributed by atoms with Crippen molar-refractivity contribution in [2.45, 2.75) is 13.0 Å². The van der Waals surface area contributed by atoms with Gasteiger partial charge < -0.3 is 9.84 Å². The van der Waals surface area contributed by atoms with E-state index in [0.717, 1.165) is 0 Å². The summed E-state index contributed by atoms with van der Waals surface area (Å²) in [7, 11) is 3.46. The normalized spacial score (nSPS) is 15.7. The molecule has 0 spiro atoms.